The summed E-state index contributed by atoms with van der Waals surface area (Å²) >= 11 is 12.9. The number of fused-ring (bicyclic) bond motifs is 3. The number of likely N-dealkylation sites (tertiary alicyclic amines) is 1. The summed E-state index contributed by atoms with van der Waals surface area (Å²) in [6.45, 7) is 0.817. The lowest BCUT2D eigenvalue weighted by atomic mass is 9.74. The fourth-order valence-electron chi connectivity index (χ4n) is 7.38. The zero-order valence-corrected chi connectivity index (χ0v) is 23.4. The second kappa shape index (κ2) is 9.48. The maximum absolute atomic E-state index is 14.3. The molecular weight excluding hydrogens is 549 g/mol. The molecule has 0 aromatic heterocycles. The van der Waals surface area contributed by atoms with Crippen molar-refractivity contribution in [1.29, 1.82) is 0 Å². The Morgan fingerprint density at radius 1 is 1.10 bits per heavy atom. The van der Waals surface area contributed by atoms with Gasteiger partial charge < -0.3 is 20.5 Å². The van der Waals surface area contributed by atoms with Crippen LogP contribution in [0.5, 0.6) is 5.75 Å². The molecule has 0 unspecified atom stereocenters. The molecule has 9 heteroatoms. The molecule has 2 saturated heterocycles. The molecule has 4 aliphatic rings. The molecule has 40 heavy (non-hydrogen) atoms. The van der Waals surface area contributed by atoms with E-state index >= 15 is 0 Å². The van der Waals surface area contributed by atoms with Crippen molar-refractivity contribution in [2.75, 3.05) is 19.0 Å². The predicted octanol–water partition coefficient (Wildman–Crippen LogP) is 5.83. The number of carbonyl (C=O) groups is 2. The summed E-state index contributed by atoms with van der Waals surface area (Å²) in [4.78, 5) is 28.3. The van der Waals surface area contributed by atoms with Crippen LogP contribution in [0.3, 0.4) is 0 Å². The number of hydrogen-bond donors (Lipinski definition) is 3. The summed E-state index contributed by atoms with van der Waals surface area (Å²) in [5.74, 6) is -0.175. The molecule has 1 saturated carbocycles. The maximum atomic E-state index is 14.3. The summed E-state index contributed by atoms with van der Waals surface area (Å²) < 4.78 is 5.66. The van der Waals surface area contributed by atoms with Crippen molar-refractivity contribution >= 4 is 40.8 Å². The molecule has 7 rings (SSSR count). The number of carboxylic acid groups (broad SMARTS) is 1. The van der Waals surface area contributed by atoms with Gasteiger partial charge in [0.1, 0.15) is 11.3 Å². The number of anilines is 1. The lowest BCUT2D eigenvalue weighted by molar-refractivity contribution is -0.128. The highest BCUT2D eigenvalue weighted by Crippen LogP contribution is 2.61. The minimum Gasteiger partial charge on any atom is -0.496 e. The first-order chi connectivity index (χ1) is 19.3. The molecule has 7 nitrogen and oxygen atoms in total. The van der Waals surface area contributed by atoms with E-state index in [1.54, 1.807) is 19.2 Å². The Labute approximate surface area is 242 Å². The second-order valence-electron chi connectivity index (χ2n) is 11.3. The highest BCUT2D eigenvalue weighted by atomic mass is 35.5. The molecule has 0 bridgehead atoms. The number of benzene rings is 3. The van der Waals surface area contributed by atoms with Crippen molar-refractivity contribution in [2.24, 2.45) is 5.92 Å². The average Bonchev–Trinajstić information content (AvgIpc) is 3.50. The lowest BCUT2D eigenvalue weighted by Crippen LogP contribution is -2.53. The Bertz CT molecular complexity index is 1540. The highest BCUT2D eigenvalue weighted by molar-refractivity contribution is 6.31. The van der Waals surface area contributed by atoms with Crippen LogP contribution in [0.25, 0.3) is 0 Å². The molecular formula is C31H29Cl2N3O4. The molecule has 3 heterocycles. The van der Waals surface area contributed by atoms with Crippen LogP contribution in [0, 0.1) is 5.92 Å². The number of amides is 1. The molecule has 1 aliphatic carbocycles. The van der Waals surface area contributed by atoms with Crippen LogP contribution < -0.4 is 15.4 Å². The number of carboxylic acids is 1. The van der Waals surface area contributed by atoms with Crippen molar-refractivity contribution < 1.29 is 19.4 Å². The fraction of sp³-hybridized carbons (Fsp3) is 0.355. The number of carbonyl (C=O) groups excluding carboxylic acids is 1. The van der Waals surface area contributed by atoms with Crippen LogP contribution in [0.15, 0.2) is 60.7 Å². The molecule has 3 aromatic carbocycles. The molecule has 206 valence electrons. The second-order valence-corrected chi connectivity index (χ2v) is 12.2. The van der Waals surface area contributed by atoms with Gasteiger partial charge in [0.2, 0.25) is 5.91 Å². The topological polar surface area (TPSA) is 90.9 Å². The van der Waals surface area contributed by atoms with E-state index in [-0.39, 0.29) is 35.5 Å². The van der Waals surface area contributed by atoms with Gasteiger partial charge in [-0.3, -0.25) is 9.69 Å². The Balaban J connectivity index is 1.38. The van der Waals surface area contributed by atoms with E-state index in [9.17, 15) is 14.7 Å². The maximum Gasteiger partial charge on any atom is 0.335 e. The van der Waals surface area contributed by atoms with Gasteiger partial charge in [0, 0.05) is 57.4 Å². The minimum atomic E-state index is -0.995. The molecule has 1 amide bonds. The lowest BCUT2D eigenvalue weighted by Gasteiger charge is -2.41. The van der Waals surface area contributed by atoms with E-state index in [2.05, 4.69) is 21.6 Å². The van der Waals surface area contributed by atoms with Gasteiger partial charge in [-0.2, -0.15) is 0 Å². The first-order valence-corrected chi connectivity index (χ1v) is 14.4. The molecule has 5 atom stereocenters. The Morgan fingerprint density at radius 3 is 2.62 bits per heavy atom. The molecule has 3 aromatic rings. The van der Waals surface area contributed by atoms with Gasteiger partial charge in [-0.15, -0.1) is 0 Å². The van der Waals surface area contributed by atoms with Gasteiger partial charge in [0.25, 0.3) is 0 Å². The first-order valence-electron chi connectivity index (χ1n) is 13.6. The summed E-state index contributed by atoms with van der Waals surface area (Å²) in [5, 5.41) is 17.8. The predicted molar refractivity (Wildman–Crippen MR) is 153 cm³/mol. The number of nitrogens with zero attached hydrogens (tertiary/aromatic N) is 1. The number of rotatable bonds is 6. The number of aromatic carboxylic acids is 1. The average molecular weight is 578 g/mol. The third kappa shape index (κ3) is 3.86. The first kappa shape index (κ1) is 25.8. The van der Waals surface area contributed by atoms with Crippen molar-refractivity contribution in [2.45, 2.75) is 48.8 Å². The van der Waals surface area contributed by atoms with Gasteiger partial charge in [-0.25, -0.2) is 4.79 Å². The fourth-order valence-corrected chi connectivity index (χ4v) is 7.75. The molecule has 1 spiro atoms. The quantitative estimate of drug-likeness (QED) is 0.341. The van der Waals surface area contributed by atoms with Crippen LogP contribution in [-0.2, 0) is 10.3 Å². The molecule has 0 radical (unpaired) electrons. The van der Waals surface area contributed by atoms with Gasteiger partial charge >= 0.3 is 5.97 Å². The van der Waals surface area contributed by atoms with E-state index in [0.717, 1.165) is 48.2 Å². The number of nitrogens with one attached hydrogen (secondary N) is 2. The van der Waals surface area contributed by atoms with Crippen LogP contribution in [0.2, 0.25) is 10.0 Å². The number of ether oxygens (including phenoxy) is 1. The zero-order chi connectivity index (χ0) is 27.8. The molecule has 3 N–H and O–H groups in total. The Morgan fingerprint density at radius 2 is 1.90 bits per heavy atom. The third-order valence-electron chi connectivity index (χ3n) is 9.15. The Hall–Kier alpha value is -3.10. The number of halogens is 2. The SMILES string of the molecule is COc1cc(C(=O)O)ccc1[C@@H]1C[C@H]2[C@@H](N1)[C@H](c1cccc(Cl)c1)[C@]1(C(=O)Nc3cc(Cl)ccc31)N2CC1CC1. The standard InChI is InChI=1S/C31H29Cl2N3O4/c1-40-26-12-18(29(37)38)7-9-21(26)23-14-25-28(34-23)27(17-3-2-4-19(32)11-17)31(36(25)15-16-5-6-16)22-10-8-20(33)13-24(22)35-30(31)39/h2-4,7-13,16,23,25,27-28,34H,5-6,14-15H2,1H3,(H,35,39)(H,37,38)/t23-,25-,27-,28+,31+/m0/s1. The summed E-state index contributed by atoms with van der Waals surface area (Å²) in [6, 6.07) is 18.5. The van der Waals surface area contributed by atoms with Gasteiger partial charge in [0.15, 0.2) is 0 Å². The summed E-state index contributed by atoms with van der Waals surface area (Å²) in [5.41, 5.74) is 2.88. The van der Waals surface area contributed by atoms with E-state index < -0.39 is 11.5 Å². The monoisotopic (exact) mass is 577 g/mol. The molecule has 3 fully saturated rings. The minimum absolute atomic E-state index is 0.0356. The Kier molecular flexibility index (Phi) is 6.13. The summed E-state index contributed by atoms with van der Waals surface area (Å²) in [6.07, 6.45) is 3.06. The van der Waals surface area contributed by atoms with Crippen molar-refractivity contribution in [3.8, 4) is 5.75 Å². The van der Waals surface area contributed by atoms with Crippen molar-refractivity contribution in [1.82, 2.24) is 10.2 Å². The highest BCUT2D eigenvalue weighted by Gasteiger charge is 2.68. The van der Waals surface area contributed by atoms with Crippen LogP contribution in [0.1, 0.15) is 58.3 Å². The van der Waals surface area contributed by atoms with E-state index in [0.29, 0.717) is 21.7 Å². The van der Waals surface area contributed by atoms with E-state index in [1.165, 1.54) is 0 Å². The molecule has 3 aliphatic heterocycles. The van der Waals surface area contributed by atoms with Gasteiger partial charge in [-0.1, -0.05) is 47.5 Å². The zero-order valence-electron chi connectivity index (χ0n) is 21.9. The normalized spacial score (nSPS) is 28.9. The largest absolute Gasteiger partial charge is 0.496 e. The van der Waals surface area contributed by atoms with E-state index in [4.69, 9.17) is 27.9 Å². The van der Waals surface area contributed by atoms with Crippen molar-refractivity contribution in [3.05, 3.63) is 93.0 Å². The number of hydrogen-bond acceptors (Lipinski definition) is 5. The smallest absolute Gasteiger partial charge is 0.335 e. The van der Waals surface area contributed by atoms with Crippen molar-refractivity contribution in [3.63, 3.8) is 0 Å². The summed E-state index contributed by atoms with van der Waals surface area (Å²) in [7, 11) is 1.56. The van der Waals surface area contributed by atoms with Crippen LogP contribution in [-0.4, -0.2) is 47.6 Å². The van der Waals surface area contributed by atoms with Crippen LogP contribution in [0.4, 0.5) is 5.69 Å². The van der Waals surface area contributed by atoms with Gasteiger partial charge in [0.05, 0.1) is 12.7 Å². The van der Waals surface area contributed by atoms with Gasteiger partial charge in [-0.05, 0) is 67.1 Å². The number of methoxy groups -OCH3 is 1. The third-order valence-corrected chi connectivity index (χ3v) is 9.62. The van der Waals surface area contributed by atoms with E-state index in [1.807, 2.05) is 42.5 Å². The van der Waals surface area contributed by atoms with Crippen LogP contribution >= 0.6 is 23.2 Å².